The Kier molecular flexibility index (Phi) is 5.25. The van der Waals surface area contributed by atoms with Crippen LogP contribution in [0.4, 0.5) is 11.4 Å². The Morgan fingerprint density at radius 1 is 0.727 bits per heavy atom. The van der Waals surface area contributed by atoms with E-state index in [1.165, 1.54) is 0 Å². The first kappa shape index (κ1) is 20.6. The molecule has 1 N–H and O–H groups in total. The van der Waals surface area contributed by atoms with E-state index in [1.807, 2.05) is 54.6 Å². The molecule has 2 aliphatic heterocycles. The minimum absolute atomic E-state index is 0.0724. The predicted octanol–water partition coefficient (Wildman–Crippen LogP) is 7.78. The molecule has 33 heavy (non-hydrogen) atoms. The maximum atomic E-state index is 12.9. The second-order valence-corrected chi connectivity index (χ2v) is 10.4. The van der Waals surface area contributed by atoms with Crippen molar-refractivity contribution in [1.29, 1.82) is 0 Å². The highest BCUT2D eigenvalue weighted by Crippen LogP contribution is 2.42. The number of carbonyl (C=O) groups excluding carboxylic acids is 1. The summed E-state index contributed by atoms with van der Waals surface area (Å²) in [7, 11) is 0. The average Bonchev–Trinajstić information content (AvgIpc) is 3.06. The number of hydrogen-bond donors (Lipinski definition) is 1. The summed E-state index contributed by atoms with van der Waals surface area (Å²) < 4.78 is 0. The Morgan fingerprint density at radius 3 is 2.27 bits per heavy atom. The van der Waals surface area contributed by atoms with Gasteiger partial charge >= 0.3 is 0 Å². The van der Waals surface area contributed by atoms with Crippen molar-refractivity contribution < 1.29 is 4.79 Å². The molecule has 0 saturated heterocycles. The molecular formula is C27H17ClN2OS2. The van der Waals surface area contributed by atoms with Crippen LogP contribution in [0.15, 0.2) is 110 Å². The summed E-state index contributed by atoms with van der Waals surface area (Å²) in [5, 5.41) is 3.54. The van der Waals surface area contributed by atoms with Crippen LogP contribution in [-0.4, -0.2) is 11.1 Å². The number of para-hydroxylation sites is 1. The van der Waals surface area contributed by atoms with E-state index in [2.05, 4.69) is 35.6 Å². The van der Waals surface area contributed by atoms with E-state index in [9.17, 15) is 4.79 Å². The van der Waals surface area contributed by atoms with Crippen LogP contribution in [0.3, 0.4) is 0 Å². The highest BCUT2D eigenvalue weighted by molar-refractivity contribution is 8.00. The van der Waals surface area contributed by atoms with E-state index in [-0.39, 0.29) is 5.91 Å². The molecule has 1 amide bonds. The van der Waals surface area contributed by atoms with Crippen molar-refractivity contribution in [2.45, 2.75) is 26.0 Å². The zero-order chi connectivity index (χ0) is 22.4. The van der Waals surface area contributed by atoms with Gasteiger partial charge in [0.2, 0.25) is 0 Å². The molecule has 2 aliphatic rings. The van der Waals surface area contributed by atoms with Gasteiger partial charge in [0.05, 0.1) is 16.9 Å². The summed E-state index contributed by atoms with van der Waals surface area (Å²) in [5.74, 6) is -0.0724. The first-order chi connectivity index (χ1) is 16.1. The Labute approximate surface area is 205 Å². The third kappa shape index (κ3) is 3.97. The molecule has 4 aromatic carbocycles. The van der Waals surface area contributed by atoms with Crippen molar-refractivity contribution in [3.05, 3.63) is 107 Å². The topological polar surface area (TPSA) is 41.5 Å². The first-order valence-corrected chi connectivity index (χ1v) is 12.5. The molecule has 0 saturated carbocycles. The van der Waals surface area contributed by atoms with Gasteiger partial charge < -0.3 is 5.32 Å². The quantitative estimate of drug-likeness (QED) is 0.316. The van der Waals surface area contributed by atoms with E-state index in [0.717, 1.165) is 47.6 Å². The summed E-state index contributed by atoms with van der Waals surface area (Å²) >= 11 is 9.83. The van der Waals surface area contributed by atoms with Crippen molar-refractivity contribution in [3.63, 3.8) is 0 Å². The van der Waals surface area contributed by atoms with Gasteiger partial charge in [0, 0.05) is 25.1 Å². The number of benzene rings is 4. The van der Waals surface area contributed by atoms with E-state index < -0.39 is 0 Å². The number of aliphatic imine (C=N–C) groups is 1. The maximum absolute atomic E-state index is 12.9. The summed E-state index contributed by atoms with van der Waals surface area (Å²) in [6.45, 7) is 0. The lowest BCUT2D eigenvalue weighted by atomic mass is 10.0. The van der Waals surface area contributed by atoms with E-state index in [0.29, 0.717) is 17.2 Å². The van der Waals surface area contributed by atoms with Gasteiger partial charge in [0.25, 0.3) is 5.91 Å². The second-order valence-electron chi connectivity index (χ2n) is 7.86. The van der Waals surface area contributed by atoms with Crippen molar-refractivity contribution in [1.82, 2.24) is 0 Å². The SMILES string of the molecule is O=C1Nc2ccccc2Sc2ccc(Cc3ccc4c(c3)N=C(Cl)c3ccccc3S4)cc21. The number of rotatable bonds is 2. The van der Waals surface area contributed by atoms with Gasteiger partial charge in [-0.05, 0) is 60.0 Å². The van der Waals surface area contributed by atoms with Crippen molar-refractivity contribution in [3.8, 4) is 0 Å². The van der Waals surface area contributed by atoms with Crippen molar-refractivity contribution in [2.75, 3.05) is 5.32 Å². The summed E-state index contributed by atoms with van der Waals surface area (Å²) in [5.41, 5.74) is 5.59. The summed E-state index contributed by atoms with van der Waals surface area (Å²) in [4.78, 5) is 21.8. The Hall–Kier alpha value is -2.99. The molecule has 0 aromatic heterocycles. The maximum Gasteiger partial charge on any atom is 0.256 e. The molecule has 0 spiro atoms. The normalized spacial score (nSPS) is 14.0. The lowest BCUT2D eigenvalue weighted by molar-refractivity contribution is 0.102. The number of carbonyl (C=O) groups is 1. The van der Waals surface area contributed by atoms with Gasteiger partial charge in [0.15, 0.2) is 0 Å². The van der Waals surface area contributed by atoms with Crippen LogP contribution in [0.25, 0.3) is 0 Å². The zero-order valence-corrected chi connectivity index (χ0v) is 19.7. The van der Waals surface area contributed by atoms with Gasteiger partial charge in [-0.1, -0.05) is 77.6 Å². The van der Waals surface area contributed by atoms with Crippen LogP contribution in [0.5, 0.6) is 0 Å². The number of hydrogen-bond acceptors (Lipinski definition) is 4. The molecule has 0 radical (unpaired) electrons. The first-order valence-electron chi connectivity index (χ1n) is 10.5. The third-order valence-electron chi connectivity index (χ3n) is 5.62. The number of anilines is 1. The molecule has 6 heteroatoms. The molecule has 160 valence electrons. The van der Waals surface area contributed by atoms with Crippen LogP contribution in [0.1, 0.15) is 27.0 Å². The van der Waals surface area contributed by atoms with E-state index in [4.69, 9.17) is 16.6 Å². The third-order valence-corrected chi connectivity index (χ3v) is 8.20. The van der Waals surface area contributed by atoms with Gasteiger partial charge in [0.1, 0.15) is 5.17 Å². The minimum atomic E-state index is -0.0724. The standard InChI is InChI=1S/C27H17ClN2OS2/c28-26-18-5-1-3-7-22(18)32-25-12-10-17(15-21(25)29-26)13-16-9-11-23-19(14-16)27(31)30-20-6-2-4-8-24(20)33-23/h1-12,14-15H,13H2,(H,30,31). The fourth-order valence-corrected chi connectivity index (χ4v) is 6.34. The number of halogens is 1. The number of fused-ring (bicyclic) bond motifs is 4. The monoisotopic (exact) mass is 484 g/mol. The molecule has 0 fully saturated rings. The van der Waals surface area contributed by atoms with Crippen LogP contribution >= 0.6 is 35.1 Å². The van der Waals surface area contributed by atoms with Crippen LogP contribution < -0.4 is 5.32 Å². The van der Waals surface area contributed by atoms with E-state index in [1.54, 1.807) is 23.5 Å². The molecule has 4 aromatic rings. The number of nitrogens with zero attached hydrogens (tertiary/aromatic N) is 1. The van der Waals surface area contributed by atoms with Crippen LogP contribution in [0, 0.1) is 0 Å². The highest BCUT2D eigenvalue weighted by Gasteiger charge is 2.20. The summed E-state index contributed by atoms with van der Waals surface area (Å²) in [6, 6.07) is 28.4. The number of nitrogens with one attached hydrogen (secondary N) is 1. The fourth-order valence-electron chi connectivity index (χ4n) is 4.01. The van der Waals surface area contributed by atoms with Gasteiger partial charge in [-0.25, -0.2) is 4.99 Å². The Morgan fingerprint density at radius 2 is 1.39 bits per heavy atom. The summed E-state index contributed by atoms with van der Waals surface area (Å²) in [6.07, 6.45) is 0.705. The molecule has 6 rings (SSSR count). The Balaban J connectivity index is 1.31. The van der Waals surface area contributed by atoms with Crippen molar-refractivity contribution in [2.24, 2.45) is 4.99 Å². The Bertz CT molecular complexity index is 1460. The lowest BCUT2D eigenvalue weighted by Gasteiger charge is -2.10. The van der Waals surface area contributed by atoms with E-state index >= 15 is 0 Å². The predicted molar refractivity (Wildman–Crippen MR) is 137 cm³/mol. The van der Waals surface area contributed by atoms with Gasteiger partial charge in [-0.15, -0.1) is 0 Å². The van der Waals surface area contributed by atoms with Crippen molar-refractivity contribution >= 4 is 57.6 Å². The molecular weight excluding hydrogens is 468 g/mol. The average molecular weight is 485 g/mol. The number of amides is 1. The largest absolute Gasteiger partial charge is 0.321 e. The van der Waals surface area contributed by atoms with Crippen LogP contribution in [0.2, 0.25) is 0 Å². The second kappa shape index (κ2) is 8.41. The van der Waals surface area contributed by atoms with Gasteiger partial charge in [-0.2, -0.15) is 0 Å². The molecule has 3 nitrogen and oxygen atoms in total. The molecule has 0 atom stereocenters. The van der Waals surface area contributed by atoms with Gasteiger partial charge in [-0.3, -0.25) is 4.79 Å². The smallest absolute Gasteiger partial charge is 0.256 e. The minimum Gasteiger partial charge on any atom is -0.321 e. The fraction of sp³-hybridized carbons (Fsp3) is 0.0370. The van der Waals surface area contributed by atoms with Crippen LogP contribution in [-0.2, 0) is 6.42 Å². The zero-order valence-electron chi connectivity index (χ0n) is 17.3. The lowest BCUT2D eigenvalue weighted by Crippen LogP contribution is -2.12. The molecule has 0 bridgehead atoms. The molecule has 0 unspecified atom stereocenters. The molecule has 0 aliphatic carbocycles. The molecule has 2 heterocycles. The highest BCUT2D eigenvalue weighted by atomic mass is 35.5.